The first-order valence-electron chi connectivity index (χ1n) is 11.6. The van der Waals surface area contributed by atoms with Gasteiger partial charge >= 0.3 is 0 Å². The summed E-state index contributed by atoms with van der Waals surface area (Å²) < 4.78 is 17.4. The lowest BCUT2D eigenvalue weighted by Gasteiger charge is -2.32. The van der Waals surface area contributed by atoms with Crippen LogP contribution in [0.2, 0.25) is 5.02 Å². The number of hydrogen-bond donors (Lipinski definition) is 0. The van der Waals surface area contributed by atoms with Gasteiger partial charge in [-0.2, -0.15) is 0 Å². The van der Waals surface area contributed by atoms with Crippen LogP contribution in [0.5, 0.6) is 11.5 Å². The van der Waals surface area contributed by atoms with Crippen LogP contribution in [-0.4, -0.2) is 41.3 Å². The molecule has 192 valence electrons. The normalized spacial score (nSPS) is 11.7. The summed E-state index contributed by atoms with van der Waals surface area (Å²) in [6.45, 7) is 2.34. The molecule has 0 fully saturated rings. The molecule has 2 heterocycles. The monoisotopic (exact) mass is 522 g/mol. The molecule has 0 amide bonds. The third-order valence-corrected chi connectivity index (χ3v) is 6.28. The molecule has 0 aliphatic heterocycles. The molecular formula is C27H27ClN4O5. The van der Waals surface area contributed by atoms with E-state index in [2.05, 4.69) is 10.1 Å². The Morgan fingerprint density at radius 2 is 1.95 bits per heavy atom. The molecule has 10 heteroatoms. The molecule has 9 nitrogen and oxygen atoms in total. The Morgan fingerprint density at radius 3 is 2.59 bits per heavy atom. The molecule has 0 bridgehead atoms. The van der Waals surface area contributed by atoms with E-state index in [0.29, 0.717) is 28.5 Å². The van der Waals surface area contributed by atoms with Gasteiger partial charge in [0.15, 0.2) is 11.5 Å². The van der Waals surface area contributed by atoms with E-state index in [9.17, 15) is 9.59 Å². The van der Waals surface area contributed by atoms with Gasteiger partial charge in [0.1, 0.15) is 12.0 Å². The van der Waals surface area contributed by atoms with Gasteiger partial charge in [-0.25, -0.2) is 4.98 Å². The van der Waals surface area contributed by atoms with Crippen molar-refractivity contribution in [2.45, 2.75) is 19.4 Å². The fourth-order valence-corrected chi connectivity index (χ4v) is 4.51. The van der Waals surface area contributed by atoms with E-state index >= 15 is 0 Å². The van der Waals surface area contributed by atoms with E-state index in [1.54, 1.807) is 25.1 Å². The summed E-state index contributed by atoms with van der Waals surface area (Å²) >= 11 is 6.74. The van der Waals surface area contributed by atoms with Crippen LogP contribution in [-0.2, 0) is 13.5 Å². The highest BCUT2D eigenvalue weighted by atomic mass is 35.5. The lowest BCUT2D eigenvalue weighted by molar-refractivity contribution is 0.0984. The topological polar surface area (TPSA) is 99.7 Å². The number of rotatable bonds is 10. The summed E-state index contributed by atoms with van der Waals surface area (Å²) in [5, 5.41) is 4.13. The Morgan fingerprint density at radius 1 is 1.19 bits per heavy atom. The zero-order chi connectivity index (χ0) is 26.5. The van der Waals surface area contributed by atoms with Crippen molar-refractivity contribution in [3.8, 4) is 11.5 Å². The fraction of sp³-hybridized carbons (Fsp3) is 0.259. The Bertz CT molecular complexity index is 1440. The third kappa shape index (κ3) is 5.22. The first-order valence-corrected chi connectivity index (χ1v) is 12.0. The lowest BCUT2D eigenvalue weighted by Crippen LogP contribution is -2.34. The quantitative estimate of drug-likeness (QED) is 0.281. The number of carbonyl (C=O) groups is 1. The van der Waals surface area contributed by atoms with Gasteiger partial charge in [0, 0.05) is 36.7 Å². The number of hydrogen-bond acceptors (Lipinski definition) is 8. The lowest BCUT2D eigenvalue weighted by atomic mass is 9.96. The molecule has 1 atom stereocenters. The van der Waals surface area contributed by atoms with Crippen LogP contribution in [0.3, 0.4) is 0 Å². The second-order valence-corrected chi connectivity index (χ2v) is 8.71. The van der Waals surface area contributed by atoms with E-state index in [4.69, 9.17) is 25.6 Å². The van der Waals surface area contributed by atoms with Crippen LogP contribution in [0.15, 0.2) is 70.3 Å². The van der Waals surface area contributed by atoms with Gasteiger partial charge in [-0.1, -0.05) is 53.2 Å². The van der Waals surface area contributed by atoms with Crippen molar-refractivity contribution in [1.29, 1.82) is 0 Å². The second-order valence-electron chi connectivity index (χ2n) is 8.30. The predicted molar refractivity (Wildman–Crippen MR) is 140 cm³/mol. The van der Waals surface area contributed by atoms with Crippen LogP contribution in [0.25, 0.3) is 0 Å². The SMILES string of the molecule is CCOc1cccc(Cl)c1C(c1ccccc1)N(C)c1nc(C(=O)Cc2cnoc2)c(OC)c(=O)n1C. The number of Topliss-reactive ketones (excluding diaryl/α,β-unsaturated/α-hetero) is 1. The maximum atomic E-state index is 13.3. The van der Waals surface area contributed by atoms with Crippen LogP contribution in [0.1, 0.15) is 40.1 Å². The largest absolute Gasteiger partial charge is 0.493 e. The Balaban J connectivity index is 1.90. The molecule has 0 aliphatic rings. The highest BCUT2D eigenvalue weighted by molar-refractivity contribution is 6.31. The number of carbonyl (C=O) groups excluding carboxylic acids is 1. The average Bonchev–Trinajstić information content (AvgIpc) is 3.41. The number of aromatic nitrogens is 3. The minimum atomic E-state index is -0.496. The zero-order valence-electron chi connectivity index (χ0n) is 21.0. The van der Waals surface area contributed by atoms with Gasteiger partial charge in [0.2, 0.25) is 11.7 Å². The molecule has 1 unspecified atom stereocenters. The van der Waals surface area contributed by atoms with Gasteiger partial charge in [0.05, 0.1) is 26.0 Å². The number of ether oxygens (including phenoxy) is 2. The molecule has 4 rings (SSSR count). The summed E-state index contributed by atoms with van der Waals surface area (Å²) in [7, 11) is 4.71. The Hall–Kier alpha value is -4.11. The molecule has 0 spiro atoms. The first-order chi connectivity index (χ1) is 17.9. The number of halogens is 1. The van der Waals surface area contributed by atoms with E-state index < -0.39 is 17.4 Å². The predicted octanol–water partition coefficient (Wildman–Crippen LogP) is 4.48. The van der Waals surface area contributed by atoms with Gasteiger partial charge in [-0.15, -0.1) is 0 Å². The van der Waals surface area contributed by atoms with E-state index in [1.165, 1.54) is 24.1 Å². The molecule has 2 aromatic carbocycles. The molecular weight excluding hydrogens is 496 g/mol. The van der Waals surface area contributed by atoms with Crippen LogP contribution in [0, 0.1) is 0 Å². The minimum absolute atomic E-state index is 0.0513. The molecule has 4 aromatic rings. The van der Waals surface area contributed by atoms with Gasteiger partial charge < -0.3 is 18.9 Å². The fourth-order valence-electron chi connectivity index (χ4n) is 4.24. The first kappa shape index (κ1) is 26.0. The molecule has 0 N–H and O–H groups in total. The smallest absolute Gasteiger partial charge is 0.297 e. The van der Waals surface area contributed by atoms with E-state index in [0.717, 1.165) is 5.56 Å². The number of anilines is 1. The summed E-state index contributed by atoms with van der Waals surface area (Å²) in [5.41, 5.74) is 1.58. The van der Waals surface area contributed by atoms with Gasteiger partial charge in [-0.3, -0.25) is 14.2 Å². The van der Waals surface area contributed by atoms with Gasteiger partial charge in [-0.05, 0) is 24.6 Å². The number of nitrogens with zero attached hydrogens (tertiary/aromatic N) is 4. The molecule has 0 saturated heterocycles. The van der Waals surface area contributed by atoms with Crippen molar-refractivity contribution < 1.29 is 18.8 Å². The summed E-state index contributed by atoms with van der Waals surface area (Å²) in [4.78, 5) is 33.0. The van der Waals surface area contributed by atoms with Crippen molar-refractivity contribution in [2.24, 2.45) is 7.05 Å². The van der Waals surface area contributed by atoms with Crippen LogP contribution >= 0.6 is 11.6 Å². The minimum Gasteiger partial charge on any atom is -0.493 e. The Labute approximate surface area is 219 Å². The van der Waals surface area contributed by atoms with Crippen molar-refractivity contribution in [3.63, 3.8) is 0 Å². The zero-order valence-corrected chi connectivity index (χ0v) is 21.7. The summed E-state index contributed by atoms with van der Waals surface area (Å²) in [6.07, 6.45) is 2.76. The molecule has 0 radical (unpaired) electrons. The number of benzene rings is 2. The second kappa shape index (κ2) is 11.3. The highest BCUT2D eigenvalue weighted by Gasteiger charge is 2.30. The molecule has 0 saturated carbocycles. The molecule has 0 aliphatic carbocycles. The number of methoxy groups -OCH3 is 1. The summed E-state index contributed by atoms with van der Waals surface area (Å²) in [5.74, 6) is 0.315. The maximum absolute atomic E-state index is 13.3. The Kier molecular flexibility index (Phi) is 7.93. The summed E-state index contributed by atoms with van der Waals surface area (Å²) in [6, 6.07) is 14.6. The maximum Gasteiger partial charge on any atom is 0.297 e. The number of ketones is 1. The molecule has 37 heavy (non-hydrogen) atoms. The molecule has 2 aromatic heterocycles. The van der Waals surface area contributed by atoms with Crippen LogP contribution < -0.4 is 19.9 Å². The highest BCUT2D eigenvalue weighted by Crippen LogP contribution is 2.40. The van der Waals surface area contributed by atoms with E-state index in [1.807, 2.05) is 49.4 Å². The third-order valence-electron chi connectivity index (χ3n) is 5.95. The average molecular weight is 523 g/mol. The standard InChI is InChI=1S/C27H27ClN4O5/c1-5-36-21-13-9-12-19(28)22(21)24(18-10-7-6-8-11-18)31(2)27-30-23(25(35-4)26(34)32(27)3)20(33)14-17-15-29-37-16-17/h6-13,15-16,24H,5,14H2,1-4H3. The van der Waals surface area contributed by atoms with E-state index in [-0.39, 0.29) is 23.8 Å². The van der Waals surface area contributed by atoms with Crippen molar-refractivity contribution >= 4 is 23.3 Å². The van der Waals surface area contributed by atoms with Crippen LogP contribution in [0.4, 0.5) is 5.95 Å². The van der Waals surface area contributed by atoms with Crippen molar-refractivity contribution in [2.75, 3.05) is 25.7 Å². The van der Waals surface area contributed by atoms with Crippen molar-refractivity contribution in [3.05, 3.63) is 98.8 Å². The van der Waals surface area contributed by atoms with Crippen molar-refractivity contribution in [1.82, 2.24) is 14.7 Å². The van der Waals surface area contributed by atoms with Gasteiger partial charge in [0.25, 0.3) is 5.56 Å².